The second-order valence-corrected chi connectivity index (χ2v) is 5.25. The quantitative estimate of drug-likeness (QED) is 0.859. The third-order valence-electron chi connectivity index (χ3n) is 3.89. The van der Waals surface area contributed by atoms with Gasteiger partial charge in [0.25, 0.3) is 0 Å². The molecule has 1 aliphatic rings. The van der Waals surface area contributed by atoms with E-state index < -0.39 is 0 Å². The normalized spacial score (nSPS) is 14.7. The number of aromatic amines is 1. The van der Waals surface area contributed by atoms with Crippen LogP contribution in [0, 0.1) is 0 Å². The zero-order chi connectivity index (χ0) is 12.5. The average Bonchev–Trinajstić information content (AvgIpc) is 2.40. The van der Waals surface area contributed by atoms with Crippen molar-refractivity contribution in [1.82, 2.24) is 4.98 Å². The Bertz CT molecular complexity index is 639. The summed E-state index contributed by atoms with van der Waals surface area (Å²) < 4.78 is 0. The van der Waals surface area contributed by atoms with E-state index in [0.717, 1.165) is 48.6 Å². The van der Waals surface area contributed by atoms with Crippen LogP contribution in [0.15, 0.2) is 23.0 Å². The summed E-state index contributed by atoms with van der Waals surface area (Å²) >= 11 is 0. The molecule has 0 aliphatic heterocycles. The molecule has 0 atom stereocenters. The Morgan fingerprint density at radius 1 is 1.22 bits per heavy atom. The molecular formula is C16H19NO. The maximum Gasteiger partial charge on any atom is 0.192 e. The van der Waals surface area contributed by atoms with E-state index in [9.17, 15) is 4.79 Å². The van der Waals surface area contributed by atoms with Crippen LogP contribution in [0.3, 0.4) is 0 Å². The first-order valence-corrected chi connectivity index (χ1v) is 6.96. The van der Waals surface area contributed by atoms with Gasteiger partial charge in [-0.05, 0) is 49.8 Å². The Balaban J connectivity index is 2.23. The van der Waals surface area contributed by atoms with Gasteiger partial charge in [0.2, 0.25) is 0 Å². The molecule has 0 radical (unpaired) electrons. The number of hydrogen-bond donors (Lipinski definition) is 1. The Hall–Kier alpha value is -1.57. The first-order valence-electron chi connectivity index (χ1n) is 6.96. The minimum atomic E-state index is 0.261. The topological polar surface area (TPSA) is 32.9 Å². The second-order valence-electron chi connectivity index (χ2n) is 5.25. The van der Waals surface area contributed by atoms with Gasteiger partial charge in [-0.1, -0.05) is 19.4 Å². The summed E-state index contributed by atoms with van der Waals surface area (Å²) in [6.45, 7) is 2.17. The van der Waals surface area contributed by atoms with E-state index in [1.165, 1.54) is 17.7 Å². The maximum absolute atomic E-state index is 12.5. The molecule has 2 aromatic rings. The second kappa shape index (κ2) is 4.60. The van der Waals surface area contributed by atoms with E-state index in [4.69, 9.17) is 0 Å². The molecule has 0 spiro atoms. The lowest BCUT2D eigenvalue weighted by Gasteiger charge is -2.16. The highest BCUT2D eigenvalue weighted by molar-refractivity contribution is 5.80. The lowest BCUT2D eigenvalue weighted by atomic mass is 9.93. The van der Waals surface area contributed by atoms with Gasteiger partial charge >= 0.3 is 0 Å². The number of aromatic nitrogens is 1. The van der Waals surface area contributed by atoms with Crippen molar-refractivity contribution in [3.05, 3.63) is 45.2 Å². The Morgan fingerprint density at radius 3 is 2.89 bits per heavy atom. The van der Waals surface area contributed by atoms with Crippen molar-refractivity contribution in [2.24, 2.45) is 0 Å². The molecule has 2 nitrogen and oxygen atoms in total. The summed E-state index contributed by atoms with van der Waals surface area (Å²) in [6.07, 6.45) is 6.48. The molecule has 1 aromatic carbocycles. The van der Waals surface area contributed by atoms with Gasteiger partial charge in [0.1, 0.15) is 0 Å². The molecule has 3 rings (SSSR count). The summed E-state index contributed by atoms with van der Waals surface area (Å²) in [4.78, 5) is 16.0. The first kappa shape index (κ1) is 11.5. The molecule has 1 heterocycles. The van der Waals surface area contributed by atoms with Gasteiger partial charge in [0.05, 0.1) is 0 Å². The van der Waals surface area contributed by atoms with Crippen LogP contribution in [-0.2, 0) is 19.3 Å². The fourth-order valence-corrected chi connectivity index (χ4v) is 2.95. The van der Waals surface area contributed by atoms with Crippen LogP contribution in [0.4, 0.5) is 0 Å². The average molecular weight is 241 g/mol. The molecule has 18 heavy (non-hydrogen) atoms. The van der Waals surface area contributed by atoms with Crippen molar-refractivity contribution in [2.45, 2.75) is 45.4 Å². The van der Waals surface area contributed by atoms with Crippen LogP contribution >= 0.6 is 0 Å². The van der Waals surface area contributed by atoms with Gasteiger partial charge in [-0.3, -0.25) is 4.79 Å². The zero-order valence-electron chi connectivity index (χ0n) is 10.9. The van der Waals surface area contributed by atoms with E-state index in [1.54, 1.807) is 0 Å². The van der Waals surface area contributed by atoms with Crippen LogP contribution < -0.4 is 5.43 Å². The van der Waals surface area contributed by atoms with Crippen molar-refractivity contribution < 1.29 is 0 Å². The van der Waals surface area contributed by atoms with E-state index in [0.29, 0.717) is 0 Å². The van der Waals surface area contributed by atoms with Crippen molar-refractivity contribution in [2.75, 3.05) is 0 Å². The van der Waals surface area contributed by atoms with Crippen molar-refractivity contribution in [3.8, 4) is 0 Å². The van der Waals surface area contributed by atoms with E-state index in [1.807, 2.05) is 0 Å². The minimum absolute atomic E-state index is 0.261. The number of benzene rings is 1. The number of rotatable bonds is 2. The Kier molecular flexibility index (Phi) is 2.94. The molecule has 0 saturated carbocycles. The van der Waals surface area contributed by atoms with E-state index in [2.05, 4.69) is 30.1 Å². The van der Waals surface area contributed by atoms with Gasteiger partial charge < -0.3 is 4.98 Å². The molecular weight excluding hydrogens is 222 g/mol. The largest absolute Gasteiger partial charge is 0.358 e. The highest BCUT2D eigenvalue weighted by Gasteiger charge is 2.15. The van der Waals surface area contributed by atoms with Gasteiger partial charge in [-0.15, -0.1) is 0 Å². The predicted octanol–water partition coefficient (Wildman–Crippen LogP) is 3.36. The number of H-pyrrole nitrogens is 1. The van der Waals surface area contributed by atoms with Gasteiger partial charge in [-0.25, -0.2) is 0 Å². The highest BCUT2D eigenvalue weighted by Crippen LogP contribution is 2.20. The summed E-state index contributed by atoms with van der Waals surface area (Å²) in [5.41, 5.74) is 4.73. The van der Waals surface area contributed by atoms with Gasteiger partial charge in [0.15, 0.2) is 5.43 Å². The van der Waals surface area contributed by atoms with E-state index >= 15 is 0 Å². The molecule has 1 aliphatic carbocycles. The van der Waals surface area contributed by atoms with Crippen LogP contribution in [0.1, 0.15) is 43.0 Å². The summed E-state index contributed by atoms with van der Waals surface area (Å²) in [7, 11) is 0. The van der Waals surface area contributed by atoms with Crippen molar-refractivity contribution >= 4 is 10.9 Å². The molecule has 0 saturated heterocycles. The van der Waals surface area contributed by atoms with Crippen molar-refractivity contribution in [1.29, 1.82) is 0 Å². The number of hydrogen-bond acceptors (Lipinski definition) is 1. The van der Waals surface area contributed by atoms with Crippen LogP contribution in [0.25, 0.3) is 10.9 Å². The summed E-state index contributed by atoms with van der Waals surface area (Å²) in [6, 6.07) is 6.28. The lowest BCUT2D eigenvalue weighted by molar-refractivity contribution is 0.667. The molecule has 94 valence electrons. The molecule has 1 aromatic heterocycles. The fourth-order valence-electron chi connectivity index (χ4n) is 2.95. The van der Waals surface area contributed by atoms with Crippen LogP contribution in [-0.4, -0.2) is 4.98 Å². The highest BCUT2D eigenvalue weighted by atomic mass is 16.1. The zero-order valence-corrected chi connectivity index (χ0v) is 10.9. The Morgan fingerprint density at radius 2 is 2.06 bits per heavy atom. The molecule has 0 fully saturated rings. The standard InChI is InChI=1S/C16H19NO/c1-2-5-11-8-9-15-13(10-11)16(18)12-6-3-4-7-14(12)17-15/h8-10H,2-7H2,1H3,(H,17,18). The number of aryl methyl sites for hydroxylation is 2. The molecule has 0 bridgehead atoms. The van der Waals surface area contributed by atoms with Crippen molar-refractivity contribution in [3.63, 3.8) is 0 Å². The number of pyridine rings is 1. The number of nitrogens with one attached hydrogen (secondary N) is 1. The summed E-state index contributed by atoms with van der Waals surface area (Å²) in [5, 5.41) is 0.876. The fraction of sp³-hybridized carbons (Fsp3) is 0.438. The summed E-state index contributed by atoms with van der Waals surface area (Å²) in [5.74, 6) is 0. The SMILES string of the molecule is CCCc1ccc2[nH]c3c(c(=O)c2c1)CCCC3. The van der Waals surface area contributed by atoms with Gasteiger partial charge in [-0.2, -0.15) is 0 Å². The maximum atomic E-state index is 12.5. The predicted molar refractivity (Wildman–Crippen MR) is 75.2 cm³/mol. The third-order valence-corrected chi connectivity index (χ3v) is 3.89. The monoisotopic (exact) mass is 241 g/mol. The molecule has 1 N–H and O–H groups in total. The van der Waals surface area contributed by atoms with Gasteiger partial charge in [0, 0.05) is 22.2 Å². The Labute approximate surface area is 107 Å². The minimum Gasteiger partial charge on any atom is -0.358 e. The molecule has 0 unspecified atom stereocenters. The third kappa shape index (κ3) is 1.86. The van der Waals surface area contributed by atoms with Crippen LogP contribution in [0.5, 0.6) is 0 Å². The van der Waals surface area contributed by atoms with Crippen LogP contribution in [0.2, 0.25) is 0 Å². The smallest absolute Gasteiger partial charge is 0.192 e. The molecule has 0 amide bonds. The first-order chi connectivity index (χ1) is 8.79. The number of fused-ring (bicyclic) bond motifs is 2. The molecule has 2 heteroatoms. The lowest BCUT2D eigenvalue weighted by Crippen LogP contribution is -2.18. The van der Waals surface area contributed by atoms with E-state index in [-0.39, 0.29) is 5.43 Å².